The van der Waals surface area contributed by atoms with Gasteiger partial charge in [-0.3, -0.25) is 0 Å². The average molecular weight is 255 g/mol. The first-order valence-corrected chi connectivity index (χ1v) is 5.91. The van der Waals surface area contributed by atoms with Crippen LogP contribution >= 0.6 is 15.9 Å². The molecule has 1 N–H and O–H groups in total. The molecule has 0 spiro atoms. The Labute approximate surface area is 93.3 Å². The van der Waals surface area contributed by atoms with E-state index < -0.39 is 5.60 Å². The normalized spacial score (nSPS) is 32.1. The Bertz CT molecular complexity index is 337. The third-order valence-corrected chi connectivity index (χ3v) is 4.04. The maximum absolute atomic E-state index is 10.6. The van der Waals surface area contributed by atoms with Crippen LogP contribution in [0.1, 0.15) is 31.7 Å². The first kappa shape index (κ1) is 10.2. The molecule has 14 heavy (non-hydrogen) atoms. The molecule has 1 aromatic carbocycles. The van der Waals surface area contributed by atoms with Crippen molar-refractivity contribution in [2.45, 2.75) is 31.8 Å². The highest BCUT2D eigenvalue weighted by atomic mass is 79.9. The van der Waals surface area contributed by atoms with Gasteiger partial charge in [-0.2, -0.15) is 0 Å². The molecular weight excluding hydrogens is 240 g/mol. The van der Waals surface area contributed by atoms with E-state index in [1.807, 2.05) is 24.3 Å². The van der Waals surface area contributed by atoms with Gasteiger partial charge in [0, 0.05) is 4.47 Å². The molecule has 0 amide bonds. The Balaban J connectivity index is 2.43. The van der Waals surface area contributed by atoms with Crippen LogP contribution in [0, 0.1) is 5.92 Å². The second-order valence-electron chi connectivity index (χ2n) is 4.20. The van der Waals surface area contributed by atoms with Gasteiger partial charge in [0.15, 0.2) is 0 Å². The van der Waals surface area contributed by atoms with Crippen molar-refractivity contribution in [3.63, 3.8) is 0 Å². The van der Waals surface area contributed by atoms with Gasteiger partial charge < -0.3 is 5.11 Å². The summed E-state index contributed by atoms with van der Waals surface area (Å²) in [7, 11) is 0. The fourth-order valence-corrected chi connectivity index (χ4v) is 3.00. The van der Waals surface area contributed by atoms with Crippen LogP contribution in [0.3, 0.4) is 0 Å². The second-order valence-corrected chi connectivity index (χ2v) is 5.05. The molecule has 1 nitrogen and oxygen atoms in total. The Kier molecular flexibility index (Phi) is 2.67. The summed E-state index contributed by atoms with van der Waals surface area (Å²) in [6, 6.07) is 7.99. The Hall–Kier alpha value is -0.340. The van der Waals surface area contributed by atoms with E-state index >= 15 is 0 Å². The van der Waals surface area contributed by atoms with Crippen LogP contribution < -0.4 is 0 Å². The lowest BCUT2D eigenvalue weighted by atomic mass is 9.85. The highest BCUT2D eigenvalue weighted by Gasteiger charge is 2.40. The number of aliphatic hydroxyl groups is 1. The Morgan fingerprint density at radius 2 is 2.14 bits per heavy atom. The molecule has 1 aromatic rings. The van der Waals surface area contributed by atoms with E-state index in [0.29, 0.717) is 5.92 Å². The third-order valence-electron chi connectivity index (χ3n) is 3.35. The summed E-state index contributed by atoms with van der Waals surface area (Å²) in [5.74, 6) is 0.362. The van der Waals surface area contributed by atoms with Crippen molar-refractivity contribution < 1.29 is 5.11 Å². The smallest absolute Gasteiger partial charge is 0.0932 e. The number of halogens is 1. The molecule has 0 saturated heterocycles. The first-order valence-electron chi connectivity index (χ1n) is 5.12. The van der Waals surface area contributed by atoms with Crippen molar-refractivity contribution in [3.05, 3.63) is 34.3 Å². The van der Waals surface area contributed by atoms with Crippen molar-refractivity contribution in [2.75, 3.05) is 0 Å². The summed E-state index contributed by atoms with van der Waals surface area (Å²) in [6.07, 6.45) is 3.13. The van der Waals surface area contributed by atoms with Crippen LogP contribution in [0.4, 0.5) is 0 Å². The molecule has 1 saturated carbocycles. The van der Waals surface area contributed by atoms with Gasteiger partial charge in [-0.1, -0.05) is 41.1 Å². The van der Waals surface area contributed by atoms with Crippen molar-refractivity contribution in [3.8, 4) is 0 Å². The molecule has 0 aromatic heterocycles. The average Bonchev–Trinajstić information content (AvgIpc) is 2.49. The van der Waals surface area contributed by atoms with Gasteiger partial charge in [0.1, 0.15) is 0 Å². The number of hydrogen-bond acceptors (Lipinski definition) is 1. The quantitative estimate of drug-likeness (QED) is 0.814. The largest absolute Gasteiger partial charge is 0.385 e. The zero-order chi connectivity index (χ0) is 10.2. The summed E-state index contributed by atoms with van der Waals surface area (Å²) in [4.78, 5) is 0. The molecule has 2 rings (SSSR count). The van der Waals surface area contributed by atoms with Crippen molar-refractivity contribution in [1.29, 1.82) is 0 Å². The summed E-state index contributed by atoms with van der Waals surface area (Å²) in [5.41, 5.74) is 0.435. The van der Waals surface area contributed by atoms with E-state index in [1.165, 1.54) is 0 Å². The van der Waals surface area contributed by atoms with Gasteiger partial charge in [-0.05, 0) is 36.8 Å². The van der Waals surface area contributed by atoms with Gasteiger partial charge in [0.25, 0.3) is 0 Å². The summed E-state index contributed by atoms with van der Waals surface area (Å²) in [5, 5.41) is 10.6. The van der Waals surface area contributed by atoms with Crippen LogP contribution in [-0.2, 0) is 5.60 Å². The van der Waals surface area contributed by atoms with E-state index in [4.69, 9.17) is 0 Å². The van der Waals surface area contributed by atoms with Crippen molar-refractivity contribution >= 4 is 15.9 Å². The molecule has 1 aliphatic rings. The molecule has 1 aliphatic carbocycles. The molecule has 0 unspecified atom stereocenters. The van der Waals surface area contributed by atoms with Gasteiger partial charge in [-0.25, -0.2) is 0 Å². The van der Waals surface area contributed by atoms with E-state index in [9.17, 15) is 5.11 Å². The van der Waals surface area contributed by atoms with E-state index in [2.05, 4.69) is 22.9 Å². The van der Waals surface area contributed by atoms with Crippen LogP contribution in [-0.4, -0.2) is 5.11 Å². The molecule has 1 fully saturated rings. The number of rotatable bonds is 1. The fourth-order valence-electron chi connectivity index (χ4n) is 2.38. The van der Waals surface area contributed by atoms with Gasteiger partial charge in [-0.15, -0.1) is 0 Å². The minimum atomic E-state index is -0.611. The van der Waals surface area contributed by atoms with Crippen LogP contribution in [0.25, 0.3) is 0 Å². The summed E-state index contributed by atoms with van der Waals surface area (Å²) in [6.45, 7) is 2.13. The van der Waals surface area contributed by atoms with Crippen LogP contribution in [0.15, 0.2) is 28.7 Å². The zero-order valence-electron chi connectivity index (χ0n) is 8.33. The molecule has 0 radical (unpaired) electrons. The second kappa shape index (κ2) is 3.67. The molecular formula is C12H15BrO. The highest BCUT2D eigenvalue weighted by molar-refractivity contribution is 9.10. The number of hydrogen-bond donors (Lipinski definition) is 1. The maximum Gasteiger partial charge on any atom is 0.0932 e. The van der Waals surface area contributed by atoms with Gasteiger partial charge in [0.2, 0.25) is 0 Å². The summed E-state index contributed by atoms with van der Waals surface area (Å²) >= 11 is 3.51. The first-order chi connectivity index (χ1) is 6.64. The highest BCUT2D eigenvalue weighted by Crippen LogP contribution is 2.45. The summed E-state index contributed by atoms with van der Waals surface area (Å²) < 4.78 is 1.02. The molecule has 0 aliphatic heterocycles. The monoisotopic (exact) mass is 254 g/mol. The SMILES string of the molecule is C[C@H]1CCC[C@@]1(O)c1ccccc1Br. The fraction of sp³-hybridized carbons (Fsp3) is 0.500. The van der Waals surface area contributed by atoms with E-state index in [0.717, 1.165) is 29.3 Å². The molecule has 0 bridgehead atoms. The lowest BCUT2D eigenvalue weighted by Gasteiger charge is -2.29. The minimum Gasteiger partial charge on any atom is -0.385 e. The van der Waals surface area contributed by atoms with Crippen molar-refractivity contribution in [1.82, 2.24) is 0 Å². The van der Waals surface area contributed by atoms with E-state index in [1.54, 1.807) is 0 Å². The Morgan fingerprint density at radius 1 is 1.43 bits per heavy atom. The molecule has 2 atom stereocenters. The molecule has 2 heteroatoms. The predicted molar refractivity (Wildman–Crippen MR) is 61.1 cm³/mol. The zero-order valence-corrected chi connectivity index (χ0v) is 9.92. The third kappa shape index (κ3) is 1.51. The predicted octanol–water partition coefficient (Wildman–Crippen LogP) is 3.46. The maximum atomic E-state index is 10.6. The Morgan fingerprint density at radius 3 is 2.71 bits per heavy atom. The number of benzene rings is 1. The lowest BCUT2D eigenvalue weighted by Crippen LogP contribution is -2.28. The minimum absolute atomic E-state index is 0.362. The topological polar surface area (TPSA) is 20.2 Å². The van der Waals surface area contributed by atoms with Crippen molar-refractivity contribution in [2.24, 2.45) is 5.92 Å². The molecule has 76 valence electrons. The van der Waals surface area contributed by atoms with Gasteiger partial charge >= 0.3 is 0 Å². The van der Waals surface area contributed by atoms with Crippen LogP contribution in [0.2, 0.25) is 0 Å². The lowest BCUT2D eigenvalue weighted by molar-refractivity contribution is 0.00380. The van der Waals surface area contributed by atoms with Crippen LogP contribution in [0.5, 0.6) is 0 Å². The molecule has 0 heterocycles. The van der Waals surface area contributed by atoms with Gasteiger partial charge in [0.05, 0.1) is 5.60 Å². The van der Waals surface area contributed by atoms with E-state index in [-0.39, 0.29) is 0 Å². The standard InChI is InChI=1S/C12H15BrO/c1-9-5-4-8-12(9,14)10-6-2-3-7-11(10)13/h2-3,6-7,9,14H,4-5,8H2,1H3/t9-,12-/m0/s1.